The minimum atomic E-state index is -0.293. The fourth-order valence-electron chi connectivity index (χ4n) is 2.47. The molecular formula is C11H15NO. The fourth-order valence-corrected chi connectivity index (χ4v) is 2.47. The zero-order valence-electron chi connectivity index (χ0n) is 7.92. The van der Waals surface area contributed by atoms with Gasteiger partial charge in [0.15, 0.2) is 0 Å². The molecule has 2 aliphatic rings. The number of amides is 1. The number of allylic oxidation sites excluding steroid dienone is 3. The van der Waals surface area contributed by atoms with E-state index in [0.29, 0.717) is 5.57 Å². The van der Waals surface area contributed by atoms with Gasteiger partial charge in [-0.1, -0.05) is 18.2 Å². The molecule has 2 nitrogen and oxygen atoms in total. The van der Waals surface area contributed by atoms with E-state index in [4.69, 9.17) is 5.73 Å². The quantitative estimate of drug-likeness (QED) is 0.507. The van der Waals surface area contributed by atoms with Gasteiger partial charge >= 0.3 is 0 Å². The van der Waals surface area contributed by atoms with Crippen LogP contribution in [0.25, 0.3) is 0 Å². The molecule has 2 rings (SSSR count). The number of nitrogens with two attached hydrogens (primary N) is 1. The van der Waals surface area contributed by atoms with E-state index in [-0.39, 0.29) is 11.3 Å². The summed E-state index contributed by atoms with van der Waals surface area (Å²) in [6.45, 7) is 1.80. The summed E-state index contributed by atoms with van der Waals surface area (Å²) in [5.74, 6) is 0.454. The molecule has 1 amide bonds. The smallest absolute Gasteiger partial charge is 0.244 e. The first-order valence-corrected chi connectivity index (χ1v) is 4.80. The highest BCUT2D eigenvalue weighted by atomic mass is 16.1. The Labute approximate surface area is 78.5 Å². The molecule has 0 radical (unpaired) electrons. The van der Waals surface area contributed by atoms with Crippen LogP contribution in [0, 0.1) is 11.3 Å². The van der Waals surface area contributed by atoms with E-state index in [1.807, 2.05) is 0 Å². The second-order valence-electron chi connectivity index (χ2n) is 4.29. The summed E-state index contributed by atoms with van der Waals surface area (Å²) in [6.07, 6.45) is 10.2. The van der Waals surface area contributed by atoms with Crippen LogP contribution in [-0.4, -0.2) is 5.91 Å². The van der Waals surface area contributed by atoms with Crippen molar-refractivity contribution in [2.24, 2.45) is 17.1 Å². The topological polar surface area (TPSA) is 43.1 Å². The van der Waals surface area contributed by atoms with Gasteiger partial charge in [-0.3, -0.25) is 4.79 Å². The van der Waals surface area contributed by atoms with Crippen molar-refractivity contribution in [1.82, 2.24) is 0 Å². The summed E-state index contributed by atoms with van der Waals surface area (Å²) in [4.78, 5) is 10.9. The SMILES string of the molecule is C/C(=C\C12C=CC(CC1)C2)C(N)=O. The third kappa shape index (κ3) is 1.41. The first-order valence-electron chi connectivity index (χ1n) is 4.80. The Kier molecular flexibility index (Phi) is 1.79. The summed E-state index contributed by atoms with van der Waals surface area (Å²) in [6, 6.07) is 0. The van der Waals surface area contributed by atoms with Crippen LogP contribution in [0.3, 0.4) is 0 Å². The zero-order valence-corrected chi connectivity index (χ0v) is 7.92. The van der Waals surface area contributed by atoms with Crippen LogP contribution >= 0.6 is 0 Å². The first kappa shape index (κ1) is 8.54. The Hall–Kier alpha value is -1.05. The van der Waals surface area contributed by atoms with E-state index in [1.54, 1.807) is 6.92 Å². The molecular weight excluding hydrogens is 162 g/mol. The van der Waals surface area contributed by atoms with Gasteiger partial charge in [0.2, 0.25) is 5.91 Å². The van der Waals surface area contributed by atoms with Crippen molar-refractivity contribution in [2.75, 3.05) is 0 Å². The van der Waals surface area contributed by atoms with Crippen molar-refractivity contribution < 1.29 is 4.79 Å². The molecule has 70 valence electrons. The number of carbonyl (C=O) groups is 1. The predicted octanol–water partition coefficient (Wildman–Crippen LogP) is 1.77. The second-order valence-corrected chi connectivity index (χ2v) is 4.29. The fraction of sp³-hybridized carbons (Fsp3) is 0.545. The van der Waals surface area contributed by atoms with E-state index in [1.165, 1.54) is 19.3 Å². The Morgan fingerprint density at radius 1 is 1.69 bits per heavy atom. The van der Waals surface area contributed by atoms with Crippen molar-refractivity contribution in [3.63, 3.8) is 0 Å². The highest BCUT2D eigenvalue weighted by Crippen LogP contribution is 2.50. The molecule has 0 aliphatic heterocycles. The highest BCUT2D eigenvalue weighted by molar-refractivity contribution is 5.91. The molecule has 2 unspecified atom stereocenters. The number of fused-ring (bicyclic) bond motifs is 2. The molecule has 2 heteroatoms. The van der Waals surface area contributed by atoms with Crippen molar-refractivity contribution in [2.45, 2.75) is 26.2 Å². The third-order valence-corrected chi connectivity index (χ3v) is 3.22. The minimum absolute atomic E-state index is 0.170. The maximum absolute atomic E-state index is 10.9. The van der Waals surface area contributed by atoms with Gasteiger partial charge in [-0.2, -0.15) is 0 Å². The Morgan fingerprint density at radius 3 is 2.85 bits per heavy atom. The minimum Gasteiger partial charge on any atom is -0.366 e. The molecule has 2 N–H and O–H groups in total. The van der Waals surface area contributed by atoms with Gasteiger partial charge in [0.25, 0.3) is 0 Å². The van der Waals surface area contributed by atoms with Crippen LogP contribution in [0.2, 0.25) is 0 Å². The molecule has 0 spiro atoms. The Morgan fingerprint density at radius 2 is 2.46 bits per heavy atom. The Bertz CT molecular complexity index is 303. The van der Waals surface area contributed by atoms with Crippen LogP contribution in [0.15, 0.2) is 23.8 Å². The van der Waals surface area contributed by atoms with E-state index in [9.17, 15) is 4.79 Å². The molecule has 2 atom stereocenters. The normalized spacial score (nSPS) is 37.0. The van der Waals surface area contributed by atoms with Gasteiger partial charge < -0.3 is 5.73 Å². The molecule has 0 aromatic carbocycles. The monoisotopic (exact) mass is 177 g/mol. The molecule has 0 saturated heterocycles. The predicted molar refractivity (Wildman–Crippen MR) is 51.9 cm³/mol. The van der Waals surface area contributed by atoms with Crippen molar-refractivity contribution >= 4 is 5.91 Å². The van der Waals surface area contributed by atoms with Gasteiger partial charge in [-0.05, 0) is 32.1 Å². The number of hydrogen-bond acceptors (Lipinski definition) is 1. The lowest BCUT2D eigenvalue weighted by atomic mass is 9.86. The van der Waals surface area contributed by atoms with Gasteiger partial charge in [0.1, 0.15) is 0 Å². The number of primary amides is 1. The van der Waals surface area contributed by atoms with Gasteiger partial charge in [-0.25, -0.2) is 0 Å². The van der Waals surface area contributed by atoms with Gasteiger partial charge in [-0.15, -0.1) is 0 Å². The Balaban J connectivity index is 2.22. The average molecular weight is 177 g/mol. The standard InChI is InChI=1S/C11H15NO/c1-8(10(12)13)6-11-4-2-9(7-11)3-5-11/h2,4,6,9H,3,5,7H2,1H3,(H2,12,13)/b8-6+. The van der Waals surface area contributed by atoms with E-state index >= 15 is 0 Å². The lowest BCUT2D eigenvalue weighted by Crippen LogP contribution is -2.16. The zero-order chi connectivity index (χ0) is 9.47. The largest absolute Gasteiger partial charge is 0.366 e. The number of rotatable bonds is 2. The van der Waals surface area contributed by atoms with Gasteiger partial charge in [0.05, 0.1) is 0 Å². The molecule has 0 aromatic rings. The summed E-state index contributed by atoms with van der Waals surface area (Å²) in [7, 11) is 0. The summed E-state index contributed by atoms with van der Waals surface area (Å²) in [5.41, 5.74) is 6.08. The second kappa shape index (κ2) is 2.72. The molecule has 13 heavy (non-hydrogen) atoms. The first-order chi connectivity index (χ1) is 6.11. The molecule has 1 fully saturated rings. The summed E-state index contributed by atoms with van der Waals surface area (Å²) >= 11 is 0. The maximum Gasteiger partial charge on any atom is 0.244 e. The average Bonchev–Trinajstić information content (AvgIpc) is 2.62. The summed E-state index contributed by atoms with van der Waals surface area (Å²) < 4.78 is 0. The van der Waals surface area contributed by atoms with E-state index in [2.05, 4.69) is 18.2 Å². The molecule has 1 saturated carbocycles. The molecule has 2 aliphatic carbocycles. The van der Waals surface area contributed by atoms with Crippen LogP contribution in [-0.2, 0) is 4.79 Å². The van der Waals surface area contributed by atoms with Gasteiger partial charge in [0, 0.05) is 11.0 Å². The van der Waals surface area contributed by atoms with Crippen LogP contribution in [0.1, 0.15) is 26.2 Å². The van der Waals surface area contributed by atoms with Crippen LogP contribution in [0.4, 0.5) is 0 Å². The maximum atomic E-state index is 10.9. The van der Waals surface area contributed by atoms with Crippen LogP contribution in [0.5, 0.6) is 0 Å². The lowest BCUT2D eigenvalue weighted by Gasteiger charge is -2.18. The molecule has 2 bridgehead atoms. The highest BCUT2D eigenvalue weighted by Gasteiger charge is 2.39. The lowest BCUT2D eigenvalue weighted by molar-refractivity contribution is -0.114. The van der Waals surface area contributed by atoms with E-state index < -0.39 is 0 Å². The number of carbonyl (C=O) groups excluding carboxylic acids is 1. The van der Waals surface area contributed by atoms with Crippen molar-refractivity contribution in [1.29, 1.82) is 0 Å². The van der Waals surface area contributed by atoms with Crippen molar-refractivity contribution in [3.8, 4) is 0 Å². The van der Waals surface area contributed by atoms with Crippen molar-refractivity contribution in [3.05, 3.63) is 23.8 Å². The third-order valence-electron chi connectivity index (χ3n) is 3.22. The van der Waals surface area contributed by atoms with E-state index in [0.717, 1.165) is 5.92 Å². The van der Waals surface area contributed by atoms with Crippen LogP contribution < -0.4 is 5.73 Å². The summed E-state index contributed by atoms with van der Waals surface area (Å²) in [5, 5.41) is 0. The number of hydrogen-bond donors (Lipinski definition) is 1. The molecule has 0 heterocycles. The molecule has 0 aromatic heterocycles.